The second kappa shape index (κ2) is 4.21. The van der Waals surface area contributed by atoms with Gasteiger partial charge in [0.05, 0.1) is 0 Å². The lowest BCUT2D eigenvalue weighted by atomic mass is 9.80. The molecule has 74 valence electrons. The number of carbonyl (C=O) groups excluding carboxylic acids is 1. The standard InChI is InChI=1S/C8H11BN2O3/c1-5-3-7(9(13)14)4-8(10-5)11-6(2)12/h3-4,13-14H,1-2H3,(H,10,11,12). The lowest BCUT2D eigenvalue weighted by Gasteiger charge is -2.05. The average Bonchev–Trinajstić information content (AvgIpc) is 2.01. The molecule has 0 bridgehead atoms. The lowest BCUT2D eigenvalue weighted by Crippen LogP contribution is -2.30. The predicted molar refractivity (Wildman–Crippen MR) is 53.1 cm³/mol. The third kappa shape index (κ3) is 2.83. The van der Waals surface area contributed by atoms with Crippen LogP contribution in [0.15, 0.2) is 12.1 Å². The predicted octanol–water partition coefficient (Wildman–Crippen LogP) is -0.972. The van der Waals surface area contributed by atoms with E-state index >= 15 is 0 Å². The molecule has 0 atom stereocenters. The van der Waals surface area contributed by atoms with Crippen LogP contribution in [0.1, 0.15) is 12.6 Å². The van der Waals surface area contributed by atoms with E-state index in [1.54, 1.807) is 6.92 Å². The van der Waals surface area contributed by atoms with Crippen LogP contribution in [0.4, 0.5) is 5.82 Å². The van der Waals surface area contributed by atoms with Crippen molar-refractivity contribution in [3.8, 4) is 0 Å². The van der Waals surface area contributed by atoms with Crippen LogP contribution in [0.2, 0.25) is 0 Å². The normalized spacial score (nSPS) is 9.71. The summed E-state index contributed by atoms with van der Waals surface area (Å²) in [4.78, 5) is 14.7. The van der Waals surface area contributed by atoms with E-state index in [1.807, 2.05) is 0 Å². The maximum atomic E-state index is 10.7. The van der Waals surface area contributed by atoms with Crippen LogP contribution in [0.3, 0.4) is 0 Å². The van der Waals surface area contributed by atoms with Crippen molar-refractivity contribution in [2.24, 2.45) is 0 Å². The zero-order valence-corrected chi connectivity index (χ0v) is 7.98. The van der Waals surface area contributed by atoms with E-state index < -0.39 is 7.12 Å². The number of nitrogens with zero attached hydrogens (tertiary/aromatic N) is 1. The Morgan fingerprint density at radius 2 is 2.14 bits per heavy atom. The molecule has 1 heterocycles. The molecule has 1 amide bonds. The molecule has 1 rings (SSSR count). The molecule has 0 saturated heterocycles. The van der Waals surface area contributed by atoms with Crippen LogP contribution in [-0.4, -0.2) is 28.1 Å². The molecular weight excluding hydrogens is 183 g/mol. The van der Waals surface area contributed by atoms with E-state index in [0.717, 1.165) is 0 Å². The molecule has 0 aliphatic carbocycles. The molecule has 0 radical (unpaired) electrons. The summed E-state index contributed by atoms with van der Waals surface area (Å²) in [5.74, 6) is 0.0714. The largest absolute Gasteiger partial charge is 0.488 e. The molecule has 0 unspecified atom stereocenters. The first-order chi connectivity index (χ1) is 6.49. The number of pyridine rings is 1. The fourth-order valence-corrected chi connectivity index (χ4v) is 1.09. The Kier molecular flexibility index (Phi) is 3.21. The summed E-state index contributed by atoms with van der Waals surface area (Å²) in [6, 6.07) is 2.95. The van der Waals surface area contributed by atoms with Gasteiger partial charge in [-0.15, -0.1) is 0 Å². The van der Waals surface area contributed by atoms with Crippen LogP contribution in [0, 0.1) is 6.92 Å². The van der Waals surface area contributed by atoms with E-state index in [4.69, 9.17) is 10.0 Å². The smallest absolute Gasteiger partial charge is 0.423 e. The number of amides is 1. The van der Waals surface area contributed by atoms with E-state index in [1.165, 1.54) is 19.1 Å². The van der Waals surface area contributed by atoms with E-state index in [-0.39, 0.29) is 5.91 Å². The molecular formula is C8H11BN2O3. The molecule has 6 heteroatoms. The number of anilines is 1. The van der Waals surface area contributed by atoms with Crippen LogP contribution in [0.25, 0.3) is 0 Å². The van der Waals surface area contributed by atoms with Gasteiger partial charge in [0.1, 0.15) is 5.82 Å². The van der Waals surface area contributed by atoms with E-state index in [9.17, 15) is 4.79 Å². The highest BCUT2D eigenvalue weighted by Crippen LogP contribution is 2.02. The topological polar surface area (TPSA) is 82.5 Å². The molecule has 1 aromatic rings. The lowest BCUT2D eigenvalue weighted by molar-refractivity contribution is -0.114. The summed E-state index contributed by atoms with van der Waals surface area (Å²) < 4.78 is 0. The quantitative estimate of drug-likeness (QED) is 0.529. The van der Waals surface area contributed by atoms with Crippen molar-refractivity contribution < 1.29 is 14.8 Å². The highest BCUT2D eigenvalue weighted by atomic mass is 16.4. The Hall–Kier alpha value is -1.40. The molecule has 3 N–H and O–H groups in total. The Morgan fingerprint density at radius 1 is 1.50 bits per heavy atom. The number of hydrogen-bond donors (Lipinski definition) is 3. The minimum atomic E-state index is -1.55. The first-order valence-electron chi connectivity index (χ1n) is 4.11. The van der Waals surface area contributed by atoms with Crippen LogP contribution < -0.4 is 10.8 Å². The van der Waals surface area contributed by atoms with Gasteiger partial charge >= 0.3 is 7.12 Å². The van der Waals surface area contributed by atoms with E-state index in [0.29, 0.717) is 17.0 Å². The number of rotatable bonds is 2. The highest BCUT2D eigenvalue weighted by Gasteiger charge is 2.13. The molecule has 0 spiro atoms. The summed E-state index contributed by atoms with van der Waals surface area (Å²) >= 11 is 0. The summed E-state index contributed by atoms with van der Waals surface area (Å²) in [6.07, 6.45) is 0. The number of carbonyl (C=O) groups is 1. The molecule has 0 fully saturated rings. The second-order valence-corrected chi connectivity index (χ2v) is 2.98. The molecule has 5 nitrogen and oxygen atoms in total. The zero-order valence-electron chi connectivity index (χ0n) is 7.98. The van der Waals surface area contributed by atoms with Crippen LogP contribution >= 0.6 is 0 Å². The number of nitrogens with one attached hydrogen (secondary N) is 1. The maximum Gasteiger partial charge on any atom is 0.488 e. The van der Waals surface area contributed by atoms with Gasteiger partial charge in [-0.1, -0.05) is 0 Å². The van der Waals surface area contributed by atoms with Crippen molar-refractivity contribution in [1.82, 2.24) is 4.98 Å². The third-order valence-electron chi connectivity index (χ3n) is 1.58. The van der Waals surface area contributed by atoms with Gasteiger partial charge in [-0.25, -0.2) is 4.98 Å². The fraction of sp³-hybridized carbons (Fsp3) is 0.250. The summed E-state index contributed by atoms with van der Waals surface area (Å²) in [5.41, 5.74) is 0.917. The minimum absolute atomic E-state index is 0.249. The molecule has 0 aromatic carbocycles. The van der Waals surface area contributed by atoms with Crippen molar-refractivity contribution in [3.63, 3.8) is 0 Å². The van der Waals surface area contributed by atoms with Gasteiger partial charge in [0.2, 0.25) is 5.91 Å². The SMILES string of the molecule is CC(=O)Nc1cc(B(O)O)cc(C)n1. The average molecular weight is 194 g/mol. The Labute approximate surface area is 81.9 Å². The van der Waals surface area contributed by atoms with Gasteiger partial charge in [0.15, 0.2) is 0 Å². The fourth-order valence-electron chi connectivity index (χ4n) is 1.09. The van der Waals surface area contributed by atoms with Gasteiger partial charge in [-0.2, -0.15) is 0 Å². The minimum Gasteiger partial charge on any atom is -0.423 e. The number of aromatic nitrogens is 1. The summed E-state index contributed by atoms with van der Waals surface area (Å²) in [6.45, 7) is 3.07. The second-order valence-electron chi connectivity index (χ2n) is 2.98. The zero-order chi connectivity index (χ0) is 10.7. The molecule has 0 aliphatic heterocycles. The Bertz CT molecular complexity index is 354. The van der Waals surface area contributed by atoms with Gasteiger partial charge in [0, 0.05) is 12.6 Å². The number of aryl methyl sites for hydroxylation is 1. The first kappa shape index (κ1) is 10.7. The van der Waals surface area contributed by atoms with Crippen molar-refractivity contribution in [3.05, 3.63) is 17.8 Å². The third-order valence-corrected chi connectivity index (χ3v) is 1.58. The van der Waals surface area contributed by atoms with Gasteiger partial charge in [0.25, 0.3) is 0 Å². The highest BCUT2D eigenvalue weighted by molar-refractivity contribution is 6.58. The van der Waals surface area contributed by atoms with Gasteiger partial charge in [-0.3, -0.25) is 4.79 Å². The van der Waals surface area contributed by atoms with Crippen molar-refractivity contribution >= 4 is 24.3 Å². The van der Waals surface area contributed by atoms with Crippen LogP contribution in [-0.2, 0) is 4.79 Å². The van der Waals surface area contributed by atoms with Crippen molar-refractivity contribution in [1.29, 1.82) is 0 Å². The monoisotopic (exact) mass is 194 g/mol. The first-order valence-corrected chi connectivity index (χ1v) is 4.11. The molecule has 0 aliphatic rings. The number of hydrogen-bond acceptors (Lipinski definition) is 4. The molecule has 1 aromatic heterocycles. The molecule has 14 heavy (non-hydrogen) atoms. The molecule has 0 saturated carbocycles. The van der Waals surface area contributed by atoms with Gasteiger partial charge in [-0.05, 0) is 24.5 Å². The van der Waals surface area contributed by atoms with Crippen molar-refractivity contribution in [2.75, 3.05) is 5.32 Å². The summed E-state index contributed by atoms with van der Waals surface area (Å²) in [5, 5.41) is 20.3. The van der Waals surface area contributed by atoms with E-state index in [2.05, 4.69) is 10.3 Å². The Balaban J connectivity index is 3.01. The van der Waals surface area contributed by atoms with Crippen LogP contribution in [0.5, 0.6) is 0 Å². The maximum absolute atomic E-state index is 10.7. The van der Waals surface area contributed by atoms with Crippen molar-refractivity contribution in [2.45, 2.75) is 13.8 Å². The summed E-state index contributed by atoms with van der Waals surface area (Å²) in [7, 11) is -1.55. The Morgan fingerprint density at radius 3 is 2.64 bits per heavy atom. The van der Waals surface area contributed by atoms with Gasteiger partial charge < -0.3 is 15.4 Å².